The van der Waals surface area contributed by atoms with Crippen LogP contribution in [0.25, 0.3) is 0 Å². The molecule has 1 atom stereocenters. The lowest BCUT2D eigenvalue weighted by Crippen LogP contribution is -2.31. The van der Waals surface area contributed by atoms with Crippen LogP contribution in [0.4, 0.5) is 11.6 Å². The first kappa shape index (κ1) is 18.7. The van der Waals surface area contributed by atoms with E-state index in [4.69, 9.17) is 4.74 Å². The minimum atomic E-state index is -0.422. The number of benzene rings is 2. The summed E-state index contributed by atoms with van der Waals surface area (Å²) in [7, 11) is 1.62. The maximum absolute atomic E-state index is 13.4. The molecule has 148 valence electrons. The number of anilines is 2. The lowest BCUT2D eigenvalue weighted by atomic mass is 9.94. The van der Waals surface area contributed by atoms with Crippen LogP contribution in [0.3, 0.4) is 0 Å². The van der Waals surface area contributed by atoms with Gasteiger partial charge in [0.1, 0.15) is 18.1 Å². The molecule has 2 heterocycles. The molecule has 2 aromatic carbocycles. The Bertz CT molecular complexity index is 1120. The quantitative estimate of drug-likeness (QED) is 0.709. The van der Waals surface area contributed by atoms with Gasteiger partial charge in [0.2, 0.25) is 5.95 Å². The van der Waals surface area contributed by atoms with Gasteiger partial charge in [0, 0.05) is 11.4 Å². The molecule has 4 rings (SSSR count). The Hall–Kier alpha value is -3.61. The highest BCUT2D eigenvalue weighted by Gasteiger charge is 2.33. The second kappa shape index (κ2) is 7.43. The first-order valence-corrected chi connectivity index (χ1v) is 9.38. The smallest absolute Gasteiger partial charge is 0.255 e. The Morgan fingerprint density at radius 3 is 2.76 bits per heavy atom. The average molecular weight is 389 g/mol. The molecule has 0 spiro atoms. The van der Waals surface area contributed by atoms with Crippen molar-refractivity contribution in [3.63, 3.8) is 0 Å². The van der Waals surface area contributed by atoms with Gasteiger partial charge in [-0.25, -0.2) is 4.68 Å². The van der Waals surface area contributed by atoms with Crippen LogP contribution in [0.15, 0.2) is 60.1 Å². The molecule has 29 heavy (non-hydrogen) atoms. The van der Waals surface area contributed by atoms with Crippen LogP contribution < -0.4 is 15.4 Å². The number of ether oxygens (including phenoxy) is 1. The zero-order valence-corrected chi connectivity index (χ0v) is 16.9. The lowest BCUT2D eigenvalue weighted by Gasteiger charge is -2.29. The van der Waals surface area contributed by atoms with Crippen molar-refractivity contribution in [1.29, 1.82) is 0 Å². The van der Waals surface area contributed by atoms with E-state index < -0.39 is 6.04 Å². The summed E-state index contributed by atoms with van der Waals surface area (Å²) in [5.41, 5.74) is 5.16. The van der Waals surface area contributed by atoms with E-state index in [9.17, 15) is 4.79 Å². The van der Waals surface area contributed by atoms with Crippen LogP contribution in [0, 0.1) is 13.8 Å². The van der Waals surface area contributed by atoms with E-state index in [1.807, 2.05) is 63.2 Å². The third-order valence-corrected chi connectivity index (χ3v) is 5.08. The van der Waals surface area contributed by atoms with Gasteiger partial charge in [0.05, 0.1) is 12.7 Å². The van der Waals surface area contributed by atoms with Gasteiger partial charge in [-0.3, -0.25) is 4.79 Å². The Balaban J connectivity index is 1.77. The summed E-state index contributed by atoms with van der Waals surface area (Å²) in [4.78, 5) is 17.7. The molecule has 0 unspecified atom stereocenters. The number of aryl methyl sites for hydroxylation is 2. The summed E-state index contributed by atoms with van der Waals surface area (Å²) in [5.74, 6) is 1.13. The molecule has 0 radical (unpaired) electrons. The molecule has 0 bridgehead atoms. The number of nitrogens with zero attached hydrogens (tertiary/aromatic N) is 3. The number of carbonyl (C=O) groups excluding carboxylic acids is 1. The number of nitrogens with one attached hydrogen (secondary N) is 2. The van der Waals surface area contributed by atoms with Gasteiger partial charge in [-0.05, 0) is 50.1 Å². The van der Waals surface area contributed by atoms with Gasteiger partial charge in [0.25, 0.3) is 5.91 Å². The fourth-order valence-electron chi connectivity index (χ4n) is 3.65. The van der Waals surface area contributed by atoms with Gasteiger partial charge in [0.15, 0.2) is 0 Å². The molecule has 1 aliphatic heterocycles. The monoisotopic (exact) mass is 389 g/mol. The summed E-state index contributed by atoms with van der Waals surface area (Å²) in [6.45, 7) is 5.89. The van der Waals surface area contributed by atoms with Crippen LogP contribution in [0.1, 0.15) is 29.7 Å². The van der Waals surface area contributed by atoms with Crippen LogP contribution in [-0.4, -0.2) is 27.8 Å². The van der Waals surface area contributed by atoms with E-state index in [1.165, 1.54) is 6.33 Å². The fourth-order valence-corrected chi connectivity index (χ4v) is 3.65. The number of allylic oxidation sites excluding steroid dienone is 1. The minimum Gasteiger partial charge on any atom is -0.497 e. The number of hydrogen-bond acceptors (Lipinski definition) is 5. The van der Waals surface area contributed by atoms with Crippen LogP contribution in [0.5, 0.6) is 5.75 Å². The van der Waals surface area contributed by atoms with Crippen molar-refractivity contribution in [2.45, 2.75) is 26.8 Å². The van der Waals surface area contributed by atoms with E-state index in [0.29, 0.717) is 11.5 Å². The van der Waals surface area contributed by atoms with Gasteiger partial charge >= 0.3 is 0 Å². The predicted octanol–water partition coefficient (Wildman–Crippen LogP) is 3.83. The molecule has 0 saturated heterocycles. The standard InChI is InChI=1S/C22H23N5O2/c1-13-8-9-18(14(2)10-13)26-21(28)19-15(3)25-22-23-12-24-27(22)20(19)16-6-5-7-17(11-16)29-4/h5-12,20H,1-4H3,(H,26,28)(H,23,24,25)/t20-/m0/s1. The second-order valence-corrected chi connectivity index (χ2v) is 7.14. The molecule has 0 fully saturated rings. The summed E-state index contributed by atoms with van der Waals surface area (Å²) in [6.07, 6.45) is 1.48. The van der Waals surface area contributed by atoms with Gasteiger partial charge in [-0.2, -0.15) is 10.1 Å². The third kappa shape index (κ3) is 3.47. The average Bonchev–Trinajstić information content (AvgIpc) is 3.17. The molecular formula is C22H23N5O2. The zero-order valence-electron chi connectivity index (χ0n) is 16.9. The van der Waals surface area contributed by atoms with E-state index in [-0.39, 0.29) is 5.91 Å². The zero-order chi connectivity index (χ0) is 20.5. The third-order valence-electron chi connectivity index (χ3n) is 5.08. The van der Waals surface area contributed by atoms with Crippen molar-refractivity contribution in [3.8, 4) is 5.75 Å². The summed E-state index contributed by atoms with van der Waals surface area (Å²) in [5, 5.41) is 10.6. The Labute approximate surface area is 169 Å². The van der Waals surface area contributed by atoms with Crippen molar-refractivity contribution in [2.75, 3.05) is 17.7 Å². The molecule has 7 heteroatoms. The number of carbonyl (C=O) groups is 1. The molecule has 1 aromatic heterocycles. The van der Waals surface area contributed by atoms with Crippen molar-refractivity contribution >= 4 is 17.5 Å². The van der Waals surface area contributed by atoms with E-state index in [2.05, 4.69) is 20.7 Å². The van der Waals surface area contributed by atoms with E-state index in [0.717, 1.165) is 33.8 Å². The maximum Gasteiger partial charge on any atom is 0.255 e. The van der Waals surface area contributed by atoms with Crippen molar-refractivity contribution in [3.05, 3.63) is 76.8 Å². The van der Waals surface area contributed by atoms with Crippen LogP contribution in [0.2, 0.25) is 0 Å². The van der Waals surface area contributed by atoms with Gasteiger partial charge in [-0.1, -0.05) is 29.8 Å². The number of rotatable bonds is 4. The number of hydrogen-bond donors (Lipinski definition) is 2. The molecule has 3 aromatic rings. The van der Waals surface area contributed by atoms with E-state index >= 15 is 0 Å². The highest BCUT2D eigenvalue weighted by molar-refractivity contribution is 6.06. The molecular weight excluding hydrogens is 366 g/mol. The second-order valence-electron chi connectivity index (χ2n) is 7.14. The summed E-state index contributed by atoms with van der Waals surface area (Å²) >= 11 is 0. The Kier molecular flexibility index (Phi) is 4.80. The first-order chi connectivity index (χ1) is 14.0. The van der Waals surface area contributed by atoms with Crippen molar-refractivity contribution < 1.29 is 9.53 Å². The minimum absolute atomic E-state index is 0.184. The molecule has 0 aliphatic carbocycles. The van der Waals surface area contributed by atoms with Gasteiger partial charge in [-0.15, -0.1) is 0 Å². The van der Waals surface area contributed by atoms with Crippen molar-refractivity contribution in [2.24, 2.45) is 0 Å². The topological polar surface area (TPSA) is 81.1 Å². The molecule has 1 aliphatic rings. The molecule has 1 amide bonds. The number of aromatic nitrogens is 3. The summed E-state index contributed by atoms with van der Waals surface area (Å²) < 4.78 is 7.10. The van der Waals surface area contributed by atoms with E-state index in [1.54, 1.807) is 11.8 Å². The molecule has 2 N–H and O–H groups in total. The SMILES string of the molecule is COc1cccc([C@H]2C(C(=O)Nc3ccc(C)cc3C)=C(C)Nc3ncnn32)c1. The number of amides is 1. The molecule has 7 nitrogen and oxygen atoms in total. The van der Waals surface area contributed by atoms with Crippen LogP contribution in [-0.2, 0) is 4.79 Å². The first-order valence-electron chi connectivity index (χ1n) is 9.38. The highest BCUT2D eigenvalue weighted by Crippen LogP contribution is 2.36. The number of methoxy groups -OCH3 is 1. The fraction of sp³-hybridized carbons (Fsp3) is 0.227. The van der Waals surface area contributed by atoms with Crippen molar-refractivity contribution in [1.82, 2.24) is 14.8 Å². The largest absolute Gasteiger partial charge is 0.497 e. The molecule has 0 saturated carbocycles. The summed E-state index contributed by atoms with van der Waals surface area (Å²) in [6, 6.07) is 13.2. The predicted molar refractivity (Wildman–Crippen MR) is 112 cm³/mol. The van der Waals surface area contributed by atoms with Crippen LogP contribution >= 0.6 is 0 Å². The number of fused-ring (bicyclic) bond motifs is 1. The Morgan fingerprint density at radius 1 is 1.17 bits per heavy atom. The Morgan fingerprint density at radius 2 is 2.00 bits per heavy atom. The lowest BCUT2D eigenvalue weighted by molar-refractivity contribution is -0.113. The highest BCUT2D eigenvalue weighted by atomic mass is 16.5. The maximum atomic E-state index is 13.4. The van der Waals surface area contributed by atoms with Gasteiger partial charge < -0.3 is 15.4 Å². The normalized spacial score (nSPS) is 15.5.